The summed E-state index contributed by atoms with van der Waals surface area (Å²) in [4.78, 5) is 23.9. The van der Waals surface area contributed by atoms with Gasteiger partial charge in [0.15, 0.2) is 6.10 Å². The van der Waals surface area contributed by atoms with Crippen LogP contribution in [0.3, 0.4) is 0 Å². The van der Waals surface area contributed by atoms with Gasteiger partial charge in [-0.25, -0.2) is 0 Å². The minimum atomic E-state index is -0.986. The molecule has 0 fully saturated rings. The summed E-state index contributed by atoms with van der Waals surface area (Å²) in [7, 11) is 0. The molecule has 0 aliphatic heterocycles. The van der Waals surface area contributed by atoms with Crippen molar-refractivity contribution in [3.05, 3.63) is 35.9 Å². The monoisotopic (exact) mass is 322 g/mol. The molecule has 2 atom stereocenters. The molecule has 1 rings (SSSR count). The smallest absolute Gasteiger partial charge is 0.324 e. The quantitative estimate of drug-likeness (QED) is 0.203. The minimum absolute atomic E-state index is 0.00512. The number of nitrogens with one attached hydrogen (secondary N) is 2. The van der Waals surface area contributed by atoms with E-state index in [9.17, 15) is 9.59 Å². The first kappa shape index (κ1) is 19.1. The Kier molecular flexibility index (Phi) is 8.25. The van der Waals surface area contributed by atoms with Crippen LogP contribution in [0.25, 0.3) is 0 Å². The summed E-state index contributed by atoms with van der Waals surface area (Å²) in [6.07, 6.45) is -0.725. The van der Waals surface area contributed by atoms with E-state index in [1.807, 2.05) is 44.2 Å². The highest BCUT2D eigenvalue weighted by molar-refractivity contribution is 5.84. The Morgan fingerprint density at radius 2 is 1.83 bits per heavy atom. The summed E-state index contributed by atoms with van der Waals surface area (Å²) >= 11 is 0. The van der Waals surface area contributed by atoms with Gasteiger partial charge in [-0.15, -0.1) is 0 Å². The molecule has 0 saturated heterocycles. The Hall–Kier alpha value is -1.96. The minimum Gasteiger partial charge on any atom is -0.451 e. The maximum Gasteiger partial charge on any atom is 0.324 e. The van der Waals surface area contributed by atoms with E-state index in [1.165, 1.54) is 0 Å². The number of hydrazine groups is 1. The van der Waals surface area contributed by atoms with Crippen LogP contribution in [0.1, 0.15) is 19.4 Å². The molecule has 0 bridgehead atoms. The van der Waals surface area contributed by atoms with E-state index >= 15 is 0 Å². The third kappa shape index (κ3) is 6.77. The molecule has 0 aromatic heterocycles. The van der Waals surface area contributed by atoms with E-state index in [1.54, 1.807) is 0 Å². The zero-order valence-corrected chi connectivity index (χ0v) is 13.6. The highest BCUT2D eigenvalue weighted by Gasteiger charge is 2.28. The Labute approximate surface area is 136 Å². The highest BCUT2D eigenvalue weighted by atomic mass is 16.5. The average Bonchev–Trinajstić information content (AvgIpc) is 2.51. The summed E-state index contributed by atoms with van der Waals surface area (Å²) < 4.78 is 5.34. The second-order valence-electron chi connectivity index (χ2n) is 5.65. The average molecular weight is 322 g/mol. The fourth-order valence-corrected chi connectivity index (χ4v) is 2.13. The number of amides is 1. The van der Waals surface area contributed by atoms with E-state index in [2.05, 4.69) is 10.7 Å². The molecule has 128 valence electrons. The van der Waals surface area contributed by atoms with Gasteiger partial charge in [0, 0.05) is 19.5 Å². The largest absolute Gasteiger partial charge is 0.451 e. The molecule has 0 heterocycles. The molecule has 2 unspecified atom stereocenters. The second kappa shape index (κ2) is 9.94. The predicted molar refractivity (Wildman–Crippen MR) is 88.0 cm³/mol. The van der Waals surface area contributed by atoms with Crippen LogP contribution >= 0.6 is 0 Å². The molecule has 6 N–H and O–H groups in total. The number of benzene rings is 1. The van der Waals surface area contributed by atoms with Gasteiger partial charge in [0.2, 0.25) is 0 Å². The first-order chi connectivity index (χ1) is 11.0. The van der Waals surface area contributed by atoms with Crippen molar-refractivity contribution in [1.29, 1.82) is 0 Å². The number of rotatable bonds is 10. The van der Waals surface area contributed by atoms with E-state index in [0.29, 0.717) is 13.1 Å². The van der Waals surface area contributed by atoms with Crippen LogP contribution in [0.2, 0.25) is 0 Å². The van der Waals surface area contributed by atoms with Gasteiger partial charge in [-0.2, -0.15) is 0 Å². The molecular formula is C16H26N4O3. The molecule has 1 aromatic rings. The van der Waals surface area contributed by atoms with Crippen LogP contribution < -0.4 is 22.3 Å². The number of esters is 1. The third-order valence-corrected chi connectivity index (χ3v) is 3.39. The molecular weight excluding hydrogens is 296 g/mol. The molecule has 0 aliphatic rings. The number of carbonyl (C=O) groups is 2. The van der Waals surface area contributed by atoms with Crippen LogP contribution in [0.15, 0.2) is 30.3 Å². The van der Waals surface area contributed by atoms with Crippen LogP contribution in [0.5, 0.6) is 0 Å². The van der Waals surface area contributed by atoms with Crippen molar-refractivity contribution in [3.63, 3.8) is 0 Å². The van der Waals surface area contributed by atoms with Gasteiger partial charge >= 0.3 is 5.97 Å². The van der Waals surface area contributed by atoms with Crippen molar-refractivity contribution >= 4 is 11.9 Å². The van der Waals surface area contributed by atoms with Crippen molar-refractivity contribution in [2.75, 3.05) is 13.1 Å². The molecule has 7 heteroatoms. The summed E-state index contributed by atoms with van der Waals surface area (Å²) in [6, 6.07) is 8.77. The van der Waals surface area contributed by atoms with Gasteiger partial charge in [0.05, 0.1) is 0 Å². The molecule has 0 saturated carbocycles. The normalized spacial score (nSPS) is 13.6. The van der Waals surface area contributed by atoms with Gasteiger partial charge in [-0.3, -0.25) is 20.9 Å². The number of ether oxygens (including phenoxy) is 1. The van der Waals surface area contributed by atoms with Gasteiger partial charge < -0.3 is 15.8 Å². The number of primary amides is 1. The summed E-state index contributed by atoms with van der Waals surface area (Å²) in [5, 5.41) is 3.06. The summed E-state index contributed by atoms with van der Waals surface area (Å²) in [6.45, 7) is 4.81. The molecule has 7 nitrogen and oxygen atoms in total. The van der Waals surface area contributed by atoms with Crippen molar-refractivity contribution < 1.29 is 14.3 Å². The zero-order chi connectivity index (χ0) is 17.2. The van der Waals surface area contributed by atoms with E-state index in [-0.39, 0.29) is 12.3 Å². The summed E-state index contributed by atoms with van der Waals surface area (Å²) in [5.41, 5.74) is 8.75. The lowest BCUT2D eigenvalue weighted by Gasteiger charge is -2.23. The molecule has 0 spiro atoms. The lowest BCUT2D eigenvalue weighted by Crippen LogP contribution is -2.48. The van der Waals surface area contributed by atoms with E-state index in [4.69, 9.17) is 16.3 Å². The number of hydrogen-bond donors (Lipinski definition) is 4. The van der Waals surface area contributed by atoms with Crippen molar-refractivity contribution in [2.45, 2.75) is 32.4 Å². The Bertz CT molecular complexity index is 493. The van der Waals surface area contributed by atoms with Crippen LogP contribution in [0, 0.1) is 5.92 Å². The number of carbonyl (C=O) groups excluding carboxylic acids is 2. The maximum absolute atomic E-state index is 12.3. The lowest BCUT2D eigenvalue weighted by molar-refractivity contribution is -0.157. The van der Waals surface area contributed by atoms with E-state index < -0.39 is 24.0 Å². The number of hydrogen-bond acceptors (Lipinski definition) is 6. The molecule has 0 aliphatic carbocycles. The SMILES string of the molecule is CC(C)C(NCCNN)C(=O)OC(Cc1ccccc1)C(N)=O. The summed E-state index contributed by atoms with van der Waals surface area (Å²) in [5.74, 6) is 4.06. The predicted octanol–water partition coefficient (Wildman–Crippen LogP) is -0.296. The van der Waals surface area contributed by atoms with Crippen LogP contribution in [-0.2, 0) is 20.7 Å². The van der Waals surface area contributed by atoms with Crippen molar-refractivity contribution in [1.82, 2.24) is 10.7 Å². The van der Waals surface area contributed by atoms with Crippen LogP contribution in [-0.4, -0.2) is 37.1 Å². The Morgan fingerprint density at radius 1 is 1.17 bits per heavy atom. The molecule has 1 aromatic carbocycles. The zero-order valence-electron chi connectivity index (χ0n) is 13.6. The Balaban J connectivity index is 2.69. The van der Waals surface area contributed by atoms with E-state index in [0.717, 1.165) is 5.56 Å². The third-order valence-electron chi connectivity index (χ3n) is 3.39. The molecule has 1 amide bonds. The lowest BCUT2D eigenvalue weighted by atomic mass is 10.0. The maximum atomic E-state index is 12.3. The van der Waals surface area contributed by atoms with Crippen molar-refractivity contribution in [3.8, 4) is 0 Å². The number of nitrogens with two attached hydrogens (primary N) is 2. The molecule has 0 radical (unpaired) electrons. The van der Waals surface area contributed by atoms with Crippen molar-refractivity contribution in [2.24, 2.45) is 17.5 Å². The first-order valence-electron chi connectivity index (χ1n) is 7.66. The highest BCUT2D eigenvalue weighted by Crippen LogP contribution is 2.10. The standard InChI is InChI=1S/C16H26N4O3/c1-11(2)14(19-8-9-20-18)16(22)23-13(15(17)21)10-12-6-4-3-5-7-12/h3-7,11,13-14,19-20H,8-10,18H2,1-2H3,(H2,17,21). The fraction of sp³-hybridized carbons (Fsp3) is 0.500. The first-order valence-corrected chi connectivity index (χ1v) is 7.66. The van der Waals surface area contributed by atoms with Gasteiger partial charge in [0.25, 0.3) is 5.91 Å². The molecule has 23 heavy (non-hydrogen) atoms. The van der Waals surface area contributed by atoms with Crippen LogP contribution in [0.4, 0.5) is 0 Å². The van der Waals surface area contributed by atoms with Gasteiger partial charge in [0.1, 0.15) is 6.04 Å². The van der Waals surface area contributed by atoms with Gasteiger partial charge in [-0.1, -0.05) is 44.2 Å². The fourth-order valence-electron chi connectivity index (χ4n) is 2.13. The topological polar surface area (TPSA) is 119 Å². The second-order valence-corrected chi connectivity index (χ2v) is 5.65. The van der Waals surface area contributed by atoms with Gasteiger partial charge in [-0.05, 0) is 11.5 Å². The Morgan fingerprint density at radius 3 is 2.35 bits per heavy atom.